The minimum absolute atomic E-state index is 0.0120. The first-order chi connectivity index (χ1) is 32.4. The fourth-order valence-corrected chi connectivity index (χ4v) is 7.20. The number of likely N-dealkylation sites (tertiary alicyclic amines) is 1. The van der Waals surface area contributed by atoms with Crippen LogP contribution < -0.4 is 54.4 Å². The number of carbonyl (C=O) groups excluding carboxylic acids is 9. The van der Waals surface area contributed by atoms with E-state index in [1.807, 2.05) is 0 Å². The van der Waals surface area contributed by atoms with Gasteiger partial charge in [-0.25, -0.2) is 4.79 Å². The number of unbranched alkanes of at least 4 members (excludes halogenated alkanes) is 1. The fourth-order valence-electron chi connectivity index (χ4n) is 7.20. The van der Waals surface area contributed by atoms with E-state index in [1.165, 1.54) is 36.1 Å². The van der Waals surface area contributed by atoms with Crippen molar-refractivity contribution in [1.29, 1.82) is 0 Å². The van der Waals surface area contributed by atoms with E-state index in [0.717, 1.165) is 0 Å². The summed E-state index contributed by atoms with van der Waals surface area (Å²) in [5.41, 5.74) is 17.3. The van der Waals surface area contributed by atoms with E-state index in [9.17, 15) is 68.1 Å². The molecule has 384 valence electrons. The topological polar surface area (TPSA) is 414 Å². The largest absolute Gasteiger partial charge is 0.508 e. The second kappa shape index (κ2) is 28.4. The number of hydrogen-bond donors (Lipinski definition) is 13. The van der Waals surface area contributed by atoms with Gasteiger partial charge in [-0.15, -0.1) is 0 Å². The molecule has 0 bridgehead atoms. The Balaban J connectivity index is 2.21. The molecule has 9 amide bonds. The highest BCUT2D eigenvalue weighted by molar-refractivity contribution is 5.99. The van der Waals surface area contributed by atoms with Crippen molar-refractivity contribution in [2.24, 2.45) is 29.0 Å². The van der Waals surface area contributed by atoms with Crippen molar-refractivity contribution < 1.29 is 68.1 Å². The summed E-state index contributed by atoms with van der Waals surface area (Å²) in [6, 6.07) is -4.80. The number of nitrogens with two attached hydrogens (primary N) is 3. The summed E-state index contributed by atoms with van der Waals surface area (Å²) in [4.78, 5) is 144. The van der Waals surface area contributed by atoms with E-state index in [1.54, 1.807) is 27.7 Å². The number of phenols is 1. The molecule has 25 heteroatoms. The molecule has 25 nitrogen and oxygen atoms in total. The van der Waals surface area contributed by atoms with Crippen molar-refractivity contribution in [1.82, 2.24) is 42.1 Å². The number of nitrogens with one attached hydrogen (secondary N) is 7. The van der Waals surface area contributed by atoms with Gasteiger partial charge in [0.15, 0.2) is 0 Å². The Morgan fingerprint density at radius 2 is 1.25 bits per heavy atom. The number of carboxylic acids is 2. The molecule has 2 rings (SSSR count). The van der Waals surface area contributed by atoms with Crippen molar-refractivity contribution in [3.63, 3.8) is 0 Å². The zero-order chi connectivity index (χ0) is 52.1. The van der Waals surface area contributed by atoms with Crippen LogP contribution >= 0.6 is 0 Å². The average Bonchev–Trinajstić information content (AvgIpc) is 3.77. The van der Waals surface area contributed by atoms with Gasteiger partial charge in [0.2, 0.25) is 53.2 Å². The Labute approximate surface area is 399 Å². The van der Waals surface area contributed by atoms with Gasteiger partial charge in [-0.2, -0.15) is 0 Å². The van der Waals surface area contributed by atoms with Crippen molar-refractivity contribution in [2.45, 2.75) is 141 Å². The zero-order valence-electron chi connectivity index (χ0n) is 39.6. The van der Waals surface area contributed by atoms with Gasteiger partial charge in [-0.1, -0.05) is 39.8 Å². The number of primary amides is 1. The SMILES string of the molecule is CC(C)[C@H](NC(=O)CNC(=O)[C@@H]1CCCN1C(=O)[C@H](CCCCN)NC(=O)[C@H](CC(N)=O)NC(=O)[C@@H](NC(=O)[C@H](CCC(=O)O)NC(=O)[C@H](C)N)C(C)C)C(=O)N[C@@H](Cc1ccc(O)cc1)C(=O)O. The number of phenolic OH excluding ortho intramolecular Hbond substituents is 1. The lowest BCUT2D eigenvalue weighted by Crippen LogP contribution is -2.60. The quantitative estimate of drug-likeness (QED) is 0.0348. The maximum absolute atomic E-state index is 14.2. The van der Waals surface area contributed by atoms with E-state index in [-0.39, 0.29) is 44.5 Å². The van der Waals surface area contributed by atoms with Gasteiger partial charge in [0.25, 0.3) is 0 Å². The molecule has 1 saturated heterocycles. The van der Waals surface area contributed by atoms with Crippen LogP contribution in [0, 0.1) is 11.8 Å². The molecule has 69 heavy (non-hydrogen) atoms. The van der Waals surface area contributed by atoms with Crippen LogP contribution in [0.3, 0.4) is 0 Å². The summed E-state index contributed by atoms with van der Waals surface area (Å²) in [7, 11) is 0. The van der Waals surface area contributed by atoms with E-state index in [2.05, 4.69) is 37.2 Å². The summed E-state index contributed by atoms with van der Waals surface area (Å²) in [5.74, 6) is -11.5. The molecular formula is C44H69N11O14. The van der Waals surface area contributed by atoms with Crippen LogP contribution in [0.15, 0.2) is 24.3 Å². The lowest BCUT2D eigenvalue weighted by atomic mass is 10.0. The number of aromatic hydroxyl groups is 1. The monoisotopic (exact) mass is 976 g/mol. The van der Waals surface area contributed by atoms with Crippen molar-refractivity contribution in [3.8, 4) is 5.75 Å². The standard InChI is InChI=1S/C44H69N11O14/c1-22(2)35(41(65)52-30(44(68)69)19-25-11-13-26(56)14-12-25)53-33(58)21-48-40(64)31-10-8-18-55(31)43(67)28(9-6-7-17-45)50-39(63)29(20-32(47)57)51-42(66)36(23(3)4)54-38(62)27(15-16-34(59)60)49-37(61)24(5)46/h11-14,22-24,27-31,35-36,56H,6-10,15-21,45-46H2,1-5H3,(H2,47,57)(H,48,64)(H,49,61)(H,50,63)(H,51,66)(H,52,65)(H,53,58)(H,54,62)(H,59,60)(H,68,69)/t24-,27-,28-,29-,30-,31-,35-,36-/m0/s1. The summed E-state index contributed by atoms with van der Waals surface area (Å²) in [6.07, 6.45) is -0.441. The lowest BCUT2D eigenvalue weighted by Gasteiger charge is -2.30. The van der Waals surface area contributed by atoms with Crippen LogP contribution in [0.2, 0.25) is 0 Å². The second-order valence-electron chi connectivity index (χ2n) is 17.6. The van der Waals surface area contributed by atoms with Gasteiger partial charge >= 0.3 is 11.9 Å². The molecule has 0 spiro atoms. The number of hydrogen-bond acceptors (Lipinski definition) is 14. The maximum atomic E-state index is 14.2. The number of carboxylic acid groups (broad SMARTS) is 2. The molecular weight excluding hydrogens is 907 g/mol. The summed E-state index contributed by atoms with van der Waals surface area (Å²) in [5, 5.41) is 45.7. The Hall–Kier alpha value is -6.89. The van der Waals surface area contributed by atoms with E-state index >= 15 is 0 Å². The first-order valence-electron chi connectivity index (χ1n) is 22.7. The molecule has 1 aliphatic heterocycles. The van der Waals surface area contributed by atoms with Crippen LogP contribution in [0.25, 0.3) is 0 Å². The molecule has 0 aliphatic carbocycles. The number of rotatable bonds is 29. The summed E-state index contributed by atoms with van der Waals surface area (Å²) >= 11 is 0. The Morgan fingerprint density at radius 1 is 0.696 bits per heavy atom. The van der Waals surface area contributed by atoms with Gasteiger partial charge < -0.3 is 74.6 Å². The van der Waals surface area contributed by atoms with Gasteiger partial charge in [0.1, 0.15) is 48.0 Å². The van der Waals surface area contributed by atoms with Crippen LogP contribution in [0.1, 0.15) is 91.5 Å². The van der Waals surface area contributed by atoms with E-state index in [4.69, 9.17) is 17.2 Å². The fraction of sp³-hybridized carbons (Fsp3) is 0.614. The van der Waals surface area contributed by atoms with Crippen molar-refractivity contribution in [2.75, 3.05) is 19.6 Å². The molecule has 1 fully saturated rings. The molecule has 0 unspecified atom stereocenters. The third kappa shape index (κ3) is 19.7. The number of carbonyl (C=O) groups is 11. The third-order valence-corrected chi connectivity index (χ3v) is 11.1. The lowest BCUT2D eigenvalue weighted by molar-refractivity contribution is -0.143. The Morgan fingerprint density at radius 3 is 1.78 bits per heavy atom. The van der Waals surface area contributed by atoms with Crippen LogP contribution in [-0.2, 0) is 59.2 Å². The Kier molecular flexibility index (Phi) is 24.0. The van der Waals surface area contributed by atoms with Crippen LogP contribution in [-0.4, -0.2) is 153 Å². The number of amides is 9. The molecule has 16 N–H and O–H groups in total. The van der Waals surface area contributed by atoms with Crippen molar-refractivity contribution >= 4 is 65.1 Å². The minimum Gasteiger partial charge on any atom is -0.508 e. The van der Waals surface area contributed by atoms with E-state index < -0.39 is 145 Å². The molecule has 1 aromatic carbocycles. The number of aliphatic carboxylic acids is 2. The van der Waals surface area contributed by atoms with Gasteiger partial charge in [-0.05, 0) is 81.5 Å². The molecule has 8 atom stereocenters. The van der Waals surface area contributed by atoms with Crippen molar-refractivity contribution in [3.05, 3.63) is 29.8 Å². The third-order valence-electron chi connectivity index (χ3n) is 11.1. The van der Waals surface area contributed by atoms with Gasteiger partial charge in [0.05, 0.1) is 19.0 Å². The molecule has 1 heterocycles. The van der Waals surface area contributed by atoms with Gasteiger partial charge in [0, 0.05) is 19.4 Å². The predicted molar refractivity (Wildman–Crippen MR) is 246 cm³/mol. The predicted octanol–water partition coefficient (Wildman–Crippen LogP) is -3.44. The highest BCUT2D eigenvalue weighted by Crippen LogP contribution is 2.21. The van der Waals surface area contributed by atoms with Gasteiger partial charge in [-0.3, -0.25) is 47.9 Å². The first kappa shape index (κ1) is 58.2. The molecule has 0 radical (unpaired) electrons. The Bertz CT molecular complexity index is 2000. The highest BCUT2D eigenvalue weighted by atomic mass is 16.4. The second-order valence-corrected chi connectivity index (χ2v) is 17.6. The summed E-state index contributed by atoms with van der Waals surface area (Å²) < 4.78 is 0. The number of nitrogens with zero attached hydrogens (tertiary/aromatic N) is 1. The van der Waals surface area contributed by atoms with Crippen LogP contribution in [0.4, 0.5) is 0 Å². The first-order valence-corrected chi connectivity index (χ1v) is 22.7. The smallest absolute Gasteiger partial charge is 0.326 e. The normalized spacial score (nSPS) is 16.4. The molecule has 1 aliphatic rings. The molecule has 1 aromatic rings. The van der Waals surface area contributed by atoms with E-state index in [0.29, 0.717) is 24.8 Å². The maximum Gasteiger partial charge on any atom is 0.326 e. The average molecular weight is 976 g/mol. The van der Waals surface area contributed by atoms with Crippen LogP contribution in [0.5, 0.6) is 5.75 Å². The summed E-state index contributed by atoms with van der Waals surface area (Å²) in [6.45, 7) is 7.36. The molecule has 0 saturated carbocycles. The zero-order valence-corrected chi connectivity index (χ0v) is 39.6. The number of benzene rings is 1. The minimum atomic E-state index is -1.68. The highest BCUT2D eigenvalue weighted by Gasteiger charge is 2.40. The molecule has 0 aromatic heterocycles.